The van der Waals surface area contributed by atoms with Gasteiger partial charge in [0, 0.05) is 6.92 Å². The molecule has 50 valence electrons. The van der Waals surface area contributed by atoms with Crippen molar-refractivity contribution in [3.63, 3.8) is 0 Å². The predicted molar refractivity (Wildman–Crippen MR) is 25.2 cm³/mol. The molecule has 8 heavy (non-hydrogen) atoms. The van der Waals surface area contributed by atoms with Crippen molar-refractivity contribution in [2.45, 2.75) is 12.8 Å². The first-order valence-corrected chi connectivity index (χ1v) is 2.02. The van der Waals surface area contributed by atoms with E-state index in [9.17, 15) is 8.78 Å². The lowest BCUT2D eigenvalue weighted by molar-refractivity contribution is -0.134. The predicted octanol–water partition coefficient (Wildman–Crippen LogP) is 1.54. The summed E-state index contributed by atoms with van der Waals surface area (Å²) in [5, 5.41) is 7.42. The maximum absolute atomic E-state index is 10.1. The van der Waals surface area contributed by atoms with Crippen LogP contribution in [0.4, 0.5) is 8.78 Å². The van der Waals surface area contributed by atoms with Crippen molar-refractivity contribution in [3.8, 4) is 0 Å². The Kier molecular flexibility index (Phi) is 8.75. The van der Waals surface area contributed by atoms with E-state index in [1.54, 1.807) is 0 Å². The van der Waals surface area contributed by atoms with Crippen molar-refractivity contribution < 1.29 is 18.7 Å². The van der Waals surface area contributed by atoms with Gasteiger partial charge in [0.2, 0.25) is 0 Å². The maximum Gasteiger partial charge on any atom is 0.312 e. The van der Waals surface area contributed by atoms with Crippen LogP contribution >= 0.6 is 11.6 Å². The molecule has 0 bridgehead atoms. The van der Waals surface area contributed by atoms with E-state index < -0.39 is 11.9 Å². The molecule has 0 radical (unpaired) electrons. The maximum atomic E-state index is 10.1. The molecule has 0 rings (SSSR count). The van der Waals surface area contributed by atoms with Crippen LogP contribution in [0.1, 0.15) is 6.92 Å². The summed E-state index contributed by atoms with van der Waals surface area (Å²) in [6.45, 7) is 1.08. The van der Waals surface area contributed by atoms with E-state index >= 15 is 0 Å². The van der Waals surface area contributed by atoms with Gasteiger partial charge < -0.3 is 5.11 Å². The van der Waals surface area contributed by atoms with Crippen LogP contribution in [0.5, 0.6) is 0 Å². The first-order valence-electron chi connectivity index (χ1n) is 1.58. The molecule has 0 unspecified atom stereocenters. The van der Waals surface area contributed by atoms with Crippen molar-refractivity contribution in [1.29, 1.82) is 0 Å². The van der Waals surface area contributed by atoms with Crippen LogP contribution in [0.15, 0.2) is 0 Å². The normalized spacial score (nSPS) is 7.62. The highest BCUT2D eigenvalue weighted by molar-refractivity contribution is 6.18. The van der Waals surface area contributed by atoms with Gasteiger partial charge in [0.15, 0.2) is 0 Å². The monoisotopic (exact) mass is 146 g/mol. The molecule has 0 aliphatic carbocycles. The van der Waals surface area contributed by atoms with Crippen LogP contribution < -0.4 is 0 Å². The summed E-state index contributed by atoms with van der Waals surface area (Å²) in [6.07, 6.45) is 0. The molecule has 2 nitrogen and oxygen atoms in total. The second-order valence-corrected chi connectivity index (χ2v) is 1.10. The summed E-state index contributed by atoms with van der Waals surface area (Å²) in [5.41, 5.74) is 0. The van der Waals surface area contributed by atoms with E-state index in [0.717, 1.165) is 6.92 Å². The fourth-order valence-corrected chi connectivity index (χ4v) is 0. The molecule has 0 aromatic carbocycles. The SMILES string of the molecule is CC(=O)O.FC(F)Cl. The van der Waals surface area contributed by atoms with Crippen molar-refractivity contribution >= 4 is 17.6 Å². The average molecular weight is 147 g/mol. The third-order valence-electron chi connectivity index (χ3n) is 0. The number of carboxylic acids is 1. The molecular weight excluding hydrogens is 141 g/mol. The Labute approximate surface area is 50.1 Å². The molecule has 1 N–H and O–H groups in total. The molecule has 0 heterocycles. The molecule has 0 spiro atoms. The second kappa shape index (κ2) is 6.62. The fourth-order valence-electron chi connectivity index (χ4n) is 0. The van der Waals surface area contributed by atoms with Gasteiger partial charge in [-0.3, -0.25) is 4.79 Å². The number of hydrogen-bond donors (Lipinski definition) is 1. The zero-order valence-corrected chi connectivity index (χ0v) is 4.82. The number of alkyl halides is 3. The van der Waals surface area contributed by atoms with Crippen LogP contribution in [0.3, 0.4) is 0 Å². The number of carbonyl (C=O) groups is 1. The summed E-state index contributed by atoms with van der Waals surface area (Å²) in [4.78, 5) is 9.00. The minimum atomic E-state index is -2.69. The molecule has 0 fully saturated rings. The Bertz CT molecular complexity index is 59.5. The van der Waals surface area contributed by atoms with Gasteiger partial charge >= 0.3 is 5.88 Å². The highest BCUT2D eigenvalue weighted by Gasteiger charge is 1.83. The fraction of sp³-hybridized carbons (Fsp3) is 0.667. The molecule has 0 aromatic heterocycles. The van der Waals surface area contributed by atoms with Gasteiger partial charge in [-0.25, -0.2) is 0 Å². The number of aliphatic carboxylic acids is 1. The van der Waals surface area contributed by atoms with Gasteiger partial charge in [0.25, 0.3) is 5.97 Å². The lowest BCUT2D eigenvalue weighted by atomic mass is 10.9. The summed E-state index contributed by atoms with van der Waals surface area (Å²) >= 11 is 3.94. The summed E-state index contributed by atoms with van der Waals surface area (Å²) in [7, 11) is 0. The van der Waals surface area contributed by atoms with Crippen molar-refractivity contribution in [2.75, 3.05) is 0 Å². The van der Waals surface area contributed by atoms with Crippen molar-refractivity contribution in [3.05, 3.63) is 0 Å². The average Bonchev–Trinajstić information content (AvgIpc) is 1.25. The highest BCUT2D eigenvalue weighted by atomic mass is 35.5. The zero-order chi connectivity index (χ0) is 7.15. The number of rotatable bonds is 0. The van der Waals surface area contributed by atoms with Gasteiger partial charge in [0.05, 0.1) is 0 Å². The smallest absolute Gasteiger partial charge is 0.312 e. The third kappa shape index (κ3) is 831. The van der Waals surface area contributed by atoms with Crippen LogP contribution in [0.2, 0.25) is 0 Å². The van der Waals surface area contributed by atoms with Crippen molar-refractivity contribution in [1.82, 2.24) is 0 Å². The standard InChI is InChI=1S/C2H4O2.CHClF2/c1-2(3)4;2-1(3)4/h1H3,(H,3,4);1H. The molecule has 0 amide bonds. The molecule has 0 atom stereocenters. The summed E-state index contributed by atoms with van der Waals surface area (Å²) < 4.78 is 20.2. The lowest BCUT2D eigenvalue weighted by Gasteiger charge is -1.66. The molecule has 5 heteroatoms. The van der Waals surface area contributed by atoms with E-state index in [1.807, 2.05) is 0 Å². The molecule has 0 aromatic rings. The minimum absolute atomic E-state index is 0.833. The van der Waals surface area contributed by atoms with Crippen LogP contribution in [0, 0.1) is 0 Å². The van der Waals surface area contributed by atoms with Crippen LogP contribution in [-0.2, 0) is 4.79 Å². The topological polar surface area (TPSA) is 37.3 Å². The number of hydrogen-bond acceptors (Lipinski definition) is 1. The van der Waals surface area contributed by atoms with E-state index in [0.29, 0.717) is 0 Å². The Hall–Kier alpha value is -0.380. The van der Waals surface area contributed by atoms with Gasteiger partial charge in [-0.15, -0.1) is 0 Å². The van der Waals surface area contributed by atoms with E-state index in [2.05, 4.69) is 11.6 Å². The Morgan fingerprint density at radius 3 is 1.75 bits per heavy atom. The highest BCUT2D eigenvalue weighted by Crippen LogP contribution is 1.93. The molecule has 0 aliphatic rings. The van der Waals surface area contributed by atoms with Gasteiger partial charge in [0.1, 0.15) is 0 Å². The molecule has 0 saturated heterocycles. The van der Waals surface area contributed by atoms with Gasteiger partial charge in [-0.05, 0) is 0 Å². The third-order valence-corrected chi connectivity index (χ3v) is 0. The zero-order valence-electron chi connectivity index (χ0n) is 4.07. The second-order valence-electron chi connectivity index (χ2n) is 0.766. The van der Waals surface area contributed by atoms with Crippen LogP contribution in [-0.4, -0.2) is 17.0 Å². The molecule has 0 saturated carbocycles. The summed E-state index contributed by atoms with van der Waals surface area (Å²) in [6, 6.07) is 0. The van der Waals surface area contributed by atoms with Crippen LogP contribution in [0.25, 0.3) is 0 Å². The number of carboxylic acid groups (broad SMARTS) is 1. The summed E-state index contributed by atoms with van der Waals surface area (Å²) in [5.74, 6) is -3.53. The number of halogens is 3. The Morgan fingerprint density at radius 2 is 1.75 bits per heavy atom. The van der Waals surface area contributed by atoms with E-state index in [4.69, 9.17) is 9.90 Å². The minimum Gasteiger partial charge on any atom is -0.481 e. The van der Waals surface area contributed by atoms with E-state index in [-0.39, 0.29) is 0 Å². The first-order chi connectivity index (χ1) is 3.46. The van der Waals surface area contributed by atoms with Gasteiger partial charge in [-0.2, -0.15) is 8.78 Å². The largest absolute Gasteiger partial charge is 0.481 e. The van der Waals surface area contributed by atoms with E-state index in [1.165, 1.54) is 0 Å². The van der Waals surface area contributed by atoms with Gasteiger partial charge in [-0.1, -0.05) is 11.6 Å². The lowest BCUT2D eigenvalue weighted by Crippen LogP contribution is -1.78. The first kappa shape index (κ1) is 10.6. The Morgan fingerprint density at radius 1 is 1.75 bits per heavy atom. The van der Waals surface area contributed by atoms with Crippen molar-refractivity contribution in [2.24, 2.45) is 0 Å². The molecule has 0 aliphatic heterocycles. The molecular formula is C3H5ClF2O2. The Balaban J connectivity index is 0. The quantitative estimate of drug-likeness (QED) is 0.527.